The van der Waals surface area contributed by atoms with Crippen molar-refractivity contribution in [1.29, 1.82) is 0 Å². The summed E-state index contributed by atoms with van der Waals surface area (Å²) in [6.45, 7) is 1.56. The van der Waals surface area contributed by atoms with Crippen molar-refractivity contribution in [2.45, 2.75) is 36.3 Å². The number of unbranched alkanes of at least 4 members (excludes halogenated alkanes) is 3. The van der Waals surface area contributed by atoms with Crippen LogP contribution in [0.2, 0.25) is 0 Å². The maximum atomic E-state index is 5.79. The molecule has 0 unspecified atom stereocenters. The first-order valence-electron chi connectivity index (χ1n) is 8.37. The lowest BCUT2D eigenvalue weighted by atomic mass is 10.2. The fourth-order valence-electron chi connectivity index (χ4n) is 2.37. The highest BCUT2D eigenvalue weighted by molar-refractivity contribution is 9.08. The second-order valence-electron chi connectivity index (χ2n) is 5.67. The maximum absolute atomic E-state index is 5.79. The van der Waals surface area contributed by atoms with Gasteiger partial charge in [-0.3, -0.25) is 0 Å². The Bertz CT molecular complexity index is 548. The van der Waals surface area contributed by atoms with Gasteiger partial charge in [-0.2, -0.15) is 0 Å². The van der Waals surface area contributed by atoms with Crippen LogP contribution in [0.5, 0.6) is 11.5 Å². The monoisotopic (exact) mass is 454 g/mol. The van der Waals surface area contributed by atoms with Crippen LogP contribution < -0.4 is 9.47 Å². The fraction of sp³-hybridized carbons (Fsp3) is 0.400. The third kappa shape index (κ3) is 7.27. The van der Waals surface area contributed by atoms with Gasteiger partial charge in [0.05, 0.1) is 13.2 Å². The smallest absolute Gasteiger partial charge is 0.119 e. The molecule has 0 radical (unpaired) electrons. The molecular formula is C20H24Br2O2. The molecule has 24 heavy (non-hydrogen) atoms. The Kier molecular flexibility index (Phi) is 9.29. The molecule has 2 aromatic rings. The van der Waals surface area contributed by atoms with Crippen molar-refractivity contribution in [2.75, 3.05) is 13.2 Å². The third-order valence-corrected chi connectivity index (χ3v) is 4.98. The molecule has 4 heteroatoms. The van der Waals surface area contributed by atoms with Crippen molar-refractivity contribution in [2.24, 2.45) is 0 Å². The molecule has 0 fully saturated rings. The summed E-state index contributed by atoms with van der Waals surface area (Å²) in [5, 5.41) is 1.73. The van der Waals surface area contributed by atoms with Gasteiger partial charge in [-0.1, -0.05) is 56.1 Å². The van der Waals surface area contributed by atoms with Crippen molar-refractivity contribution in [3.8, 4) is 11.5 Å². The molecule has 0 heterocycles. The van der Waals surface area contributed by atoms with Crippen LogP contribution in [0.1, 0.15) is 36.8 Å². The number of alkyl halides is 2. The Morgan fingerprint density at radius 1 is 0.625 bits per heavy atom. The Labute approximate surface area is 161 Å². The molecular weight excluding hydrogens is 432 g/mol. The van der Waals surface area contributed by atoms with Crippen LogP contribution in [-0.4, -0.2) is 13.2 Å². The molecule has 0 spiro atoms. The number of ether oxygens (including phenoxy) is 2. The average molecular weight is 456 g/mol. The zero-order chi connectivity index (χ0) is 17.0. The van der Waals surface area contributed by atoms with Gasteiger partial charge < -0.3 is 9.47 Å². The molecule has 0 N–H and O–H groups in total. The summed E-state index contributed by atoms with van der Waals surface area (Å²) in [6.07, 6.45) is 4.50. The van der Waals surface area contributed by atoms with Crippen molar-refractivity contribution >= 4 is 31.9 Å². The molecule has 0 saturated carbocycles. The standard InChI is InChI=1S/C20H24Br2O2/c21-15-17-7-5-9-19(13-17)23-11-3-1-2-4-12-24-20-10-6-8-18(14-20)16-22/h5-10,13-14H,1-4,11-12,15-16H2. The Morgan fingerprint density at radius 3 is 1.50 bits per heavy atom. The average Bonchev–Trinajstić information content (AvgIpc) is 2.64. The van der Waals surface area contributed by atoms with E-state index in [0.717, 1.165) is 48.2 Å². The lowest BCUT2D eigenvalue weighted by Gasteiger charge is -2.08. The number of hydrogen-bond donors (Lipinski definition) is 0. The van der Waals surface area contributed by atoms with Gasteiger partial charge in [-0.25, -0.2) is 0 Å². The first kappa shape index (κ1) is 19.3. The van der Waals surface area contributed by atoms with Gasteiger partial charge in [0.25, 0.3) is 0 Å². The first-order valence-corrected chi connectivity index (χ1v) is 10.6. The summed E-state index contributed by atoms with van der Waals surface area (Å²) in [4.78, 5) is 0. The summed E-state index contributed by atoms with van der Waals surface area (Å²) in [5.41, 5.74) is 2.49. The predicted molar refractivity (Wildman–Crippen MR) is 108 cm³/mol. The SMILES string of the molecule is BrCc1cccc(OCCCCCCOc2cccc(CBr)c2)c1. The number of benzene rings is 2. The summed E-state index contributed by atoms with van der Waals surface area (Å²) < 4.78 is 11.6. The summed E-state index contributed by atoms with van der Waals surface area (Å²) >= 11 is 6.93. The second kappa shape index (κ2) is 11.5. The van der Waals surface area contributed by atoms with Gasteiger partial charge in [0, 0.05) is 10.7 Å². The second-order valence-corrected chi connectivity index (χ2v) is 6.79. The molecule has 0 atom stereocenters. The molecule has 130 valence electrons. The summed E-state index contributed by atoms with van der Waals surface area (Å²) in [6, 6.07) is 16.5. The summed E-state index contributed by atoms with van der Waals surface area (Å²) in [7, 11) is 0. The van der Waals surface area contributed by atoms with E-state index in [1.807, 2.05) is 24.3 Å². The minimum Gasteiger partial charge on any atom is -0.494 e. The van der Waals surface area contributed by atoms with E-state index in [-0.39, 0.29) is 0 Å². The third-order valence-electron chi connectivity index (χ3n) is 3.68. The van der Waals surface area contributed by atoms with E-state index in [9.17, 15) is 0 Å². The van der Waals surface area contributed by atoms with Gasteiger partial charge >= 0.3 is 0 Å². The van der Waals surface area contributed by atoms with Gasteiger partial charge in [-0.15, -0.1) is 0 Å². The topological polar surface area (TPSA) is 18.5 Å². The molecule has 0 aliphatic heterocycles. The van der Waals surface area contributed by atoms with Gasteiger partial charge in [0.15, 0.2) is 0 Å². The molecule has 0 aliphatic rings. The van der Waals surface area contributed by atoms with E-state index < -0.39 is 0 Å². The largest absolute Gasteiger partial charge is 0.494 e. The van der Waals surface area contributed by atoms with Crippen LogP contribution in [0.3, 0.4) is 0 Å². The number of hydrogen-bond acceptors (Lipinski definition) is 2. The summed E-state index contributed by atoms with van der Waals surface area (Å²) in [5.74, 6) is 1.92. The molecule has 0 aliphatic carbocycles. The lowest BCUT2D eigenvalue weighted by Crippen LogP contribution is -2.00. The van der Waals surface area contributed by atoms with Crippen LogP contribution in [0, 0.1) is 0 Å². The van der Waals surface area contributed by atoms with Crippen molar-refractivity contribution in [3.05, 3.63) is 59.7 Å². The van der Waals surface area contributed by atoms with Crippen LogP contribution in [0.4, 0.5) is 0 Å². The van der Waals surface area contributed by atoms with E-state index in [0.29, 0.717) is 0 Å². The quantitative estimate of drug-likeness (QED) is 0.284. The van der Waals surface area contributed by atoms with E-state index >= 15 is 0 Å². The molecule has 0 amide bonds. The highest BCUT2D eigenvalue weighted by Gasteiger charge is 1.98. The first-order chi connectivity index (χ1) is 11.8. The van der Waals surface area contributed by atoms with E-state index in [2.05, 4.69) is 56.1 Å². The van der Waals surface area contributed by atoms with Crippen LogP contribution in [0.15, 0.2) is 48.5 Å². The van der Waals surface area contributed by atoms with Crippen molar-refractivity contribution in [1.82, 2.24) is 0 Å². The van der Waals surface area contributed by atoms with E-state index in [4.69, 9.17) is 9.47 Å². The van der Waals surface area contributed by atoms with Crippen molar-refractivity contribution in [3.63, 3.8) is 0 Å². The van der Waals surface area contributed by atoms with Gasteiger partial charge in [0.1, 0.15) is 11.5 Å². The van der Waals surface area contributed by atoms with Crippen molar-refractivity contribution < 1.29 is 9.47 Å². The van der Waals surface area contributed by atoms with E-state index in [1.165, 1.54) is 24.0 Å². The highest BCUT2D eigenvalue weighted by atomic mass is 79.9. The van der Waals surface area contributed by atoms with E-state index in [1.54, 1.807) is 0 Å². The zero-order valence-corrected chi connectivity index (χ0v) is 17.0. The molecule has 0 aromatic heterocycles. The molecule has 0 saturated heterocycles. The van der Waals surface area contributed by atoms with Crippen LogP contribution >= 0.6 is 31.9 Å². The highest BCUT2D eigenvalue weighted by Crippen LogP contribution is 2.17. The maximum Gasteiger partial charge on any atom is 0.119 e. The fourth-order valence-corrected chi connectivity index (χ4v) is 3.07. The van der Waals surface area contributed by atoms with Gasteiger partial charge in [0.2, 0.25) is 0 Å². The predicted octanol–water partition coefficient (Wildman–Crippen LogP) is 6.49. The van der Waals surface area contributed by atoms with Gasteiger partial charge in [-0.05, 0) is 61.1 Å². The number of halogens is 2. The Hall–Kier alpha value is -1.00. The Morgan fingerprint density at radius 2 is 1.08 bits per heavy atom. The molecule has 2 aromatic carbocycles. The normalized spacial score (nSPS) is 10.6. The molecule has 2 rings (SSSR count). The van der Waals surface area contributed by atoms with Crippen LogP contribution in [-0.2, 0) is 10.7 Å². The lowest BCUT2D eigenvalue weighted by molar-refractivity contribution is 0.287. The van der Waals surface area contributed by atoms with Crippen LogP contribution in [0.25, 0.3) is 0 Å². The molecule has 2 nitrogen and oxygen atoms in total. The minimum absolute atomic E-state index is 0.778. The minimum atomic E-state index is 0.778. The molecule has 0 bridgehead atoms. The Balaban J connectivity index is 1.52. The number of rotatable bonds is 11. The zero-order valence-electron chi connectivity index (χ0n) is 13.8.